The lowest BCUT2D eigenvalue weighted by Crippen LogP contribution is -2.32. The Morgan fingerprint density at radius 1 is 1.00 bits per heavy atom. The average molecular weight is 593 g/mol. The molecule has 0 unspecified atom stereocenters. The van der Waals surface area contributed by atoms with Crippen LogP contribution < -0.4 is 26.8 Å². The maximum absolute atomic E-state index is 14.7. The van der Waals surface area contributed by atoms with Crippen molar-refractivity contribution >= 4 is 44.4 Å². The van der Waals surface area contributed by atoms with E-state index in [0.29, 0.717) is 5.56 Å². The van der Waals surface area contributed by atoms with Gasteiger partial charge in [-0.2, -0.15) is 18.2 Å². The number of rotatable bonds is 9. The zero-order valence-corrected chi connectivity index (χ0v) is 22.1. The van der Waals surface area contributed by atoms with E-state index in [0.717, 1.165) is 6.07 Å². The van der Waals surface area contributed by atoms with E-state index in [4.69, 9.17) is 10.9 Å². The highest BCUT2D eigenvalue weighted by Gasteiger charge is 2.27. The molecule has 16 heteroatoms. The largest absolute Gasteiger partial charge is 0.405 e. The average Bonchev–Trinajstić information content (AvgIpc) is 2.90. The molecule has 1 amide bonds. The Bertz CT molecular complexity index is 1700. The van der Waals surface area contributed by atoms with Gasteiger partial charge in [-0.25, -0.2) is 27.9 Å². The van der Waals surface area contributed by atoms with Crippen LogP contribution in [0.2, 0.25) is 0 Å². The number of amides is 1. The molecule has 4 rings (SSSR count). The number of fused-ring (bicyclic) bond motifs is 1. The van der Waals surface area contributed by atoms with Gasteiger partial charge in [0.2, 0.25) is 21.9 Å². The summed E-state index contributed by atoms with van der Waals surface area (Å²) < 4.78 is 76.6. The van der Waals surface area contributed by atoms with E-state index < -0.39 is 40.5 Å². The van der Waals surface area contributed by atoms with Crippen LogP contribution in [0, 0.1) is 5.82 Å². The van der Waals surface area contributed by atoms with Gasteiger partial charge in [-0.1, -0.05) is 18.2 Å². The SMILES string of the molecule is C[C@H](N)C(=O)Nc1ccc(-c2ccc3nc(NCc4ccc(S(N)(=O)=O)cc4)nc(NCC(F)(F)F)c3n2)cc1F. The van der Waals surface area contributed by atoms with Gasteiger partial charge in [-0.05, 0) is 48.9 Å². The van der Waals surface area contributed by atoms with Gasteiger partial charge in [-0.3, -0.25) is 4.79 Å². The van der Waals surface area contributed by atoms with Crippen molar-refractivity contribution in [2.24, 2.45) is 10.9 Å². The van der Waals surface area contributed by atoms with Crippen LogP contribution in [0.15, 0.2) is 59.5 Å². The van der Waals surface area contributed by atoms with Crippen molar-refractivity contribution in [1.82, 2.24) is 15.0 Å². The molecule has 0 saturated carbocycles. The normalized spacial score (nSPS) is 12.7. The van der Waals surface area contributed by atoms with Crippen LogP contribution in [0.4, 0.5) is 35.0 Å². The second-order valence-electron chi connectivity index (χ2n) is 8.94. The van der Waals surface area contributed by atoms with E-state index in [1.165, 1.54) is 55.5 Å². The lowest BCUT2D eigenvalue weighted by atomic mass is 10.1. The van der Waals surface area contributed by atoms with Crippen molar-refractivity contribution in [3.8, 4) is 11.3 Å². The van der Waals surface area contributed by atoms with Crippen LogP contribution in [0.3, 0.4) is 0 Å². The second kappa shape index (κ2) is 11.6. The third-order valence-electron chi connectivity index (χ3n) is 5.64. The summed E-state index contributed by atoms with van der Waals surface area (Å²) in [5.41, 5.74) is 6.73. The number of nitrogens with one attached hydrogen (secondary N) is 3. The molecule has 41 heavy (non-hydrogen) atoms. The summed E-state index contributed by atoms with van der Waals surface area (Å²) in [6, 6.07) is 11.7. The summed E-state index contributed by atoms with van der Waals surface area (Å²) in [4.78, 5) is 24.5. The third-order valence-corrected chi connectivity index (χ3v) is 6.57. The fourth-order valence-electron chi connectivity index (χ4n) is 3.56. The number of pyridine rings is 1. The van der Waals surface area contributed by atoms with E-state index in [-0.39, 0.29) is 51.2 Å². The number of hydrogen-bond acceptors (Lipinski definition) is 9. The molecule has 0 bridgehead atoms. The fourth-order valence-corrected chi connectivity index (χ4v) is 4.08. The molecule has 0 saturated heterocycles. The van der Waals surface area contributed by atoms with E-state index in [1.807, 2.05) is 0 Å². The van der Waals surface area contributed by atoms with Crippen molar-refractivity contribution in [2.75, 3.05) is 22.5 Å². The Hall–Kier alpha value is -4.41. The molecule has 4 aromatic rings. The van der Waals surface area contributed by atoms with Crippen LogP contribution in [-0.2, 0) is 21.4 Å². The minimum Gasteiger partial charge on any atom is -0.359 e. The number of primary sulfonamides is 1. The predicted molar refractivity (Wildman–Crippen MR) is 145 cm³/mol. The number of alkyl halides is 3. The quantitative estimate of drug-likeness (QED) is 0.182. The van der Waals surface area contributed by atoms with Crippen LogP contribution in [0.25, 0.3) is 22.3 Å². The van der Waals surface area contributed by atoms with Gasteiger partial charge in [0.25, 0.3) is 0 Å². The maximum atomic E-state index is 14.7. The van der Waals surface area contributed by atoms with Crippen LogP contribution in [0.1, 0.15) is 12.5 Å². The Morgan fingerprint density at radius 3 is 2.32 bits per heavy atom. The third kappa shape index (κ3) is 7.62. The van der Waals surface area contributed by atoms with E-state index in [9.17, 15) is 30.8 Å². The fraction of sp³-hybridized carbons (Fsp3) is 0.200. The van der Waals surface area contributed by atoms with Gasteiger partial charge in [0, 0.05) is 12.1 Å². The molecule has 0 radical (unpaired) electrons. The highest BCUT2D eigenvalue weighted by molar-refractivity contribution is 7.89. The number of halogens is 4. The van der Waals surface area contributed by atoms with Crippen LogP contribution >= 0.6 is 0 Å². The first-order valence-electron chi connectivity index (χ1n) is 11.9. The number of nitrogens with zero attached hydrogens (tertiary/aromatic N) is 3. The van der Waals surface area contributed by atoms with Gasteiger partial charge in [0.15, 0.2) is 5.82 Å². The minimum atomic E-state index is -4.56. The number of hydrogen-bond donors (Lipinski definition) is 5. The summed E-state index contributed by atoms with van der Waals surface area (Å²) in [7, 11) is -3.87. The van der Waals surface area contributed by atoms with Crippen LogP contribution in [-0.4, -0.2) is 48.0 Å². The van der Waals surface area contributed by atoms with Crippen molar-refractivity contribution in [1.29, 1.82) is 0 Å². The summed E-state index contributed by atoms with van der Waals surface area (Å²) >= 11 is 0. The lowest BCUT2D eigenvalue weighted by Gasteiger charge is -2.14. The number of sulfonamides is 1. The summed E-state index contributed by atoms with van der Waals surface area (Å²) in [6.07, 6.45) is -4.56. The molecule has 216 valence electrons. The first kappa shape index (κ1) is 29.6. The molecule has 2 aromatic heterocycles. The molecule has 0 fully saturated rings. The predicted octanol–water partition coefficient (Wildman–Crippen LogP) is 3.35. The maximum Gasteiger partial charge on any atom is 0.405 e. The van der Waals surface area contributed by atoms with Gasteiger partial charge in [0.05, 0.1) is 27.8 Å². The standard InChI is InChI=1S/C25H24F4N8O3S/c1-13(30)23(38)35-19-7-4-15(10-17(19)26)18-8-9-20-21(34-18)22(33-12-25(27,28)29)37-24(36-20)32-11-14-2-5-16(6-3-14)41(31,39)40/h2-10,13H,11-12,30H2,1H3,(H,35,38)(H2,31,39,40)(H2,32,33,36,37)/t13-/m0/s1. The van der Waals surface area contributed by atoms with Crippen LogP contribution in [0.5, 0.6) is 0 Å². The number of carbonyl (C=O) groups excluding carboxylic acids is 1. The second-order valence-corrected chi connectivity index (χ2v) is 10.5. The van der Waals surface area contributed by atoms with Crippen molar-refractivity contribution in [2.45, 2.75) is 30.6 Å². The van der Waals surface area contributed by atoms with Gasteiger partial charge >= 0.3 is 6.18 Å². The topological polar surface area (TPSA) is 178 Å². The summed E-state index contributed by atoms with van der Waals surface area (Å²) in [5.74, 6) is -1.58. The molecule has 7 N–H and O–H groups in total. The van der Waals surface area contributed by atoms with E-state index >= 15 is 0 Å². The highest BCUT2D eigenvalue weighted by atomic mass is 32.2. The van der Waals surface area contributed by atoms with Gasteiger partial charge < -0.3 is 21.7 Å². The Balaban J connectivity index is 1.64. The molecule has 0 aliphatic heterocycles. The first-order valence-corrected chi connectivity index (χ1v) is 13.5. The Labute approximate surface area is 231 Å². The molecule has 0 aliphatic rings. The summed E-state index contributed by atoms with van der Waals surface area (Å²) in [5, 5.41) is 12.6. The number of anilines is 3. The summed E-state index contributed by atoms with van der Waals surface area (Å²) in [6.45, 7) is 0.163. The first-order chi connectivity index (χ1) is 19.2. The van der Waals surface area contributed by atoms with Gasteiger partial charge in [0.1, 0.15) is 17.9 Å². The highest BCUT2D eigenvalue weighted by Crippen LogP contribution is 2.28. The molecule has 1 atom stereocenters. The molecule has 2 heterocycles. The molecule has 2 aromatic carbocycles. The number of benzene rings is 2. The number of nitrogens with two attached hydrogens (primary N) is 2. The monoisotopic (exact) mass is 592 g/mol. The van der Waals surface area contributed by atoms with Gasteiger partial charge in [-0.15, -0.1) is 0 Å². The molecular formula is C25H24F4N8O3S. The minimum absolute atomic E-state index is 0.00421. The molecule has 11 nitrogen and oxygen atoms in total. The molecule has 0 spiro atoms. The molecular weight excluding hydrogens is 568 g/mol. The van der Waals surface area contributed by atoms with E-state index in [1.54, 1.807) is 0 Å². The Morgan fingerprint density at radius 2 is 1.71 bits per heavy atom. The van der Waals surface area contributed by atoms with E-state index in [2.05, 4.69) is 30.9 Å². The number of aromatic nitrogens is 3. The number of carbonyl (C=O) groups is 1. The van der Waals surface area contributed by atoms with Crippen molar-refractivity contribution in [3.05, 3.63) is 66.0 Å². The zero-order chi connectivity index (χ0) is 29.9. The Kier molecular flexibility index (Phi) is 8.37. The molecule has 0 aliphatic carbocycles. The van der Waals surface area contributed by atoms with Crippen molar-refractivity contribution < 1.29 is 30.8 Å². The lowest BCUT2D eigenvalue weighted by molar-refractivity contribution is -0.117. The smallest absolute Gasteiger partial charge is 0.359 e. The zero-order valence-electron chi connectivity index (χ0n) is 21.3. The van der Waals surface area contributed by atoms with Crippen molar-refractivity contribution in [3.63, 3.8) is 0 Å².